The SMILES string of the molecule is C[C@@]1(c2cc(CC(=O)c3cnn(C(F)F)c3)ccn2)C[C@@H](COC(F)F)SC(N)=N1. The topological polar surface area (TPSA) is 95.4 Å². The molecule has 0 saturated heterocycles. The Bertz CT molecular complexity index is 939. The van der Waals surface area contributed by atoms with Crippen LogP contribution in [-0.4, -0.2) is 44.2 Å². The van der Waals surface area contributed by atoms with Gasteiger partial charge in [-0.3, -0.25) is 9.78 Å². The number of ether oxygens (including phenoxy) is 1. The van der Waals surface area contributed by atoms with Crippen LogP contribution in [0.25, 0.3) is 0 Å². The number of Topliss-reactive ketones (excluding diaryl/α,β-unsaturated/α-hetero) is 1. The maximum atomic E-state index is 12.6. The largest absolute Gasteiger partial charge is 0.379 e. The number of carbonyl (C=O) groups is 1. The van der Waals surface area contributed by atoms with Crippen LogP contribution in [0.1, 0.15) is 41.5 Å². The lowest BCUT2D eigenvalue weighted by Gasteiger charge is -2.33. The fraction of sp³-hybridized carbons (Fsp3) is 0.444. The molecule has 3 rings (SSSR count). The van der Waals surface area contributed by atoms with Gasteiger partial charge in [-0.05, 0) is 31.0 Å². The zero-order valence-electron chi connectivity index (χ0n) is 15.8. The summed E-state index contributed by atoms with van der Waals surface area (Å²) in [6, 6.07) is 3.30. The molecular weight excluding hydrogens is 426 g/mol. The van der Waals surface area contributed by atoms with Crippen molar-refractivity contribution in [2.45, 2.75) is 43.7 Å². The summed E-state index contributed by atoms with van der Waals surface area (Å²) >= 11 is 1.16. The summed E-state index contributed by atoms with van der Waals surface area (Å²) < 4.78 is 54.9. The Labute approximate surface area is 173 Å². The molecule has 7 nitrogen and oxygen atoms in total. The van der Waals surface area contributed by atoms with Crippen molar-refractivity contribution in [1.82, 2.24) is 14.8 Å². The van der Waals surface area contributed by atoms with Crippen LogP contribution >= 0.6 is 11.8 Å². The van der Waals surface area contributed by atoms with Gasteiger partial charge in [0.2, 0.25) is 0 Å². The number of pyridine rings is 1. The second kappa shape index (κ2) is 9.13. The van der Waals surface area contributed by atoms with Crippen molar-refractivity contribution in [1.29, 1.82) is 0 Å². The van der Waals surface area contributed by atoms with Gasteiger partial charge in [0.25, 0.3) is 0 Å². The Hall–Kier alpha value is -2.47. The zero-order chi connectivity index (χ0) is 21.9. The van der Waals surface area contributed by atoms with E-state index < -0.39 is 18.7 Å². The Kier molecular flexibility index (Phi) is 6.76. The van der Waals surface area contributed by atoms with E-state index in [1.54, 1.807) is 19.1 Å². The van der Waals surface area contributed by atoms with Gasteiger partial charge < -0.3 is 10.5 Å². The maximum Gasteiger partial charge on any atom is 0.345 e. The maximum absolute atomic E-state index is 12.6. The van der Waals surface area contributed by atoms with Crippen LogP contribution in [0, 0.1) is 0 Å². The van der Waals surface area contributed by atoms with Gasteiger partial charge in [-0.15, -0.1) is 0 Å². The highest BCUT2D eigenvalue weighted by Crippen LogP contribution is 2.38. The lowest BCUT2D eigenvalue weighted by molar-refractivity contribution is -0.128. The van der Waals surface area contributed by atoms with E-state index in [2.05, 4.69) is 19.8 Å². The van der Waals surface area contributed by atoms with Crippen molar-refractivity contribution in [3.63, 3.8) is 0 Å². The van der Waals surface area contributed by atoms with Crippen LogP contribution in [0.4, 0.5) is 17.6 Å². The molecule has 2 N–H and O–H groups in total. The summed E-state index contributed by atoms with van der Waals surface area (Å²) in [5, 5.41) is 3.35. The summed E-state index contributed by atoms with van der Waals surface area (Å²) in [4.78, 5) is 21.2. The number of aliphatic imine (C=N–C) groups is 1. The van der Waals surface area contributed by atoms with Gasteiger partial charge in [0.1, 0.15) is 5.54 Å². The minimum Gasteiger partial charge on any atom is -0.379 e. The molecule has 162 valence electrons. The molecule has 0 unspecified atom stereocenters. The Morgan fingerprint density at radius 3 is 2.87 bits per heavy atom. The number of ketones is 1. The van der Waals surface area contributed by atoms with Gasteiger partial charge >= 0.3 is 13.2 Å². The Morgan fingerprint density at radius 1 is 1.43 bits per heavy atom. The highest BCUT2D eigenvalue weighted by atomic mass is 32.2. The quantitative estimate of drug-likeness (QED) is 0.495. The first kappa shape index (κ1) is 22.2. The minimum atomic E-state index is -2.88. The summed E-state index contributed by atoms with van der Waals surface area (Å²) in [6.07, 6.45) is 3.90. The molecule has 0 aromatic carbocycles. The number of alkyl halides is 4. The summed E-state index contributed by atoms with van der Waals surface area (Å²) in [6.45, 7) is -4.12. The number of hydrogen-bond acceptors (Lipinski definition) is 7. The molecule has 2 aromatic heterocycles. The normalized spacial score (nSPS) is 21.8. The molecule has 2 aromatic rings. The zero-order valence-corrected chi connectivity index (χ0v) is 16.7. The lowest BCUT2D eigenvalue weighted by atomic mass is 9.90. The molecule has 0 amide bonds. The van der Waals surface area contributed by atoms with E-state index in [1.807, 2.05) is 0 Å². The molecule has 0 bridgehead atoms. The average molecular weight is 445 g/mol. The molecule has 30 heavy (non-hydrogen) atoms. The van der Waals surface area contributed by atoms with Crippen molar-refractivity contribution < 1.29 is 27.1 Å². The van der Waals surface area contributed by atoms with Crippen LogP contribution in [0.15, 0.2) is 35.7 Å². The van der Waals surface area contributed by atoms with Crippen molar-refractivity contribution >= 4 is 22.7 Å². The first-order valence-electron chi connectivity index (χ1n) is 8.89. The van der Waals surface area contributed by atoms with Gasteiger partial charge in [-0.2, -0.15) is 22.7 Å². The predicted molar refractivity (Wildman–Crippen MR) is 103 cm³/mol. The third kappa shape index (κ3) is 5.36. The molecule has 12 heteroatoms. The Balaban J connectivity index is 1.76. The highest BCUT2D eigenvalue weighted by Gasteiger charge is 2.36. The molecule has 1 aliphatic rings. The van der Waals surface area contributed by atoms with Crippen LogP contribution < -0.4 is 5.73 Å². The van der Waals surface area contributed by atoms with Crippen LogP contribution in [0.2, 0.25) is 0 Å². The van der Waals surface area contributed by atoms with Crippen molar-refractivity contribution in [2.75, 3.05) is 6.61 Å². The van der Waals surface area contributed by atoms with E-state index in [-0.39, 0.29) is 34.8 Å². The number of carbonyl (C=O) groups excluding carboxylic acids is 1. The molecule has 1 aliphatic heterocycles. The van der Waals surface area contributed by atoms with E-state index in [9.17, 15) is 22.4 Å². The number of aromatic nitrogens is 3. The van der Waals surface area contributed by atoms with Crippen LogP contribution in [0.3, 0.4) is 0 Å². The van der Waals surface area contributed by atoms with E-state index in [4.69, 9.17) is 5.73 Å². The fourth-order valence-electron chi connectivity index (χ4n) is 3.16. The van der Waals surface area contributed by atoms with E-state index in [0.717, 1.165) is 24.2 Å². The van der Waals surface area contributed by atoms with Gasteiger partial charge in [-0.1, -0.05) is 11.8 Å². The number of hydrogen-bond donors (Lipinski definition) is 1. The van der Waals surface area contributed by atoms with Crippen LogP contribution in [0.5, 0.6) is 0 Å². The van der Waals surface area contributed by atoms with E-state index in [1.165, 1.54) is 6.20 Å². The molecule has 0 fully saturated rings. The number of rotatable bonds is 8. The standard InChI is InChI=1S/C18H19F4N5O2S/c1-18(6-12(9-29-16(21)22)30-17(23)26-18)14-5-10(2-3-24-14)4-13(28)11-7-25-27(8-11)15(19)20/h2-3,5,7-8,12,15-16H,4,6,9H2,1H3,(H2,23,26)/t12-,18-/m0/s1. The Morgan fingerprint density at radius 2 is 2.20 bits per heavy atom. The van der Waals surface area contributed by atoms with Crippen molar-refractivity contribution in [2.24, 2.45) is 10.7 Å². The molecule has 0 radical (unpaired) electrons. The first-order valence-corrected chi connectivity index (χ1v) is 9.77. The van der Waals surface area contributed by atoms with E-state index >= 15 is 0 Å². The van der Waals surface area contributed by atoms with Crippen LogP contribution in [-0.2, 0) is 16.7 Å². The second-order valence-electron chi connectivity index (χ2n) is 6.90. The molecule has 0 spiro atoms. The minimum absolute atomic E-state index is 0.0492. The summed E-state index contributed by atoms with van der Waals surface area (Å²) in [5.74, 6) is -0.380. The second-order valence-corrected chi connectivity index (χ2v) is 8.22. The number of halogens is 4. The van der Waals surface area contributed by atoms with Gasteiger partial charge in [0.05, 0.1) is 24.1 Å². The molecular formula is C18H19F4N5O2S. The molecule has 0 aliphatic carbocycles. The summed E-state index contributed by atoms with van der Waals surface area (Å²) in [5.41, 5.74) is 6.18. The van der Waals surface area contributed by atoms with Gasteiger partial charge in [0.15, 0.2) is 11.0 Å². The molecule has 3 heterocycles. The van der Waals surface area contributed by atoms with E-state index in [0.29, 0.717) is 22.4 Å². The lowest BCUT2D eigenvalue weighted by Crippen LogP contribution is -2.36. The van der Waals surface area contributed by atoms with Gasteiger partial charge in [0, 0.05) is 24.1 Å². The fourth-order valence-corrected chi connectivity index (χ4v) is 4.31. The monoisotopic (exact) mass is 445 g/mol. The number of thioether (sulfide) groups is 1. The summed E-state index contributed by atoms with van der Waals surface area (Å²) in [7, 11) is 0. The third-order valence-corrected chi connectivity index (χ3v) is 5.51. The number of amidine groups is 1. The number of nitrogens with two attached hydrogens (primary N) is 1. The number of nitrogens with zero attached hydrogens (tertiary/aromatic N) is 4. The predicted octanol–water partition coefficient (Wildman–Crippen LogP) is 3.37. The average Bonchev–Trinajstić information content (AvgIpc) is 3.17. The highest BCUT2D eigenvalue weighted by molar-refractivity contribution is 8.14. The smallest absolute Gasteiger partial charge is 0.345 e. The first-order chi connectivity index (χ1) is 14.2. The van der Waals surface area contributed by atoms with Crippen molar-refractivity contribution in [3.8, 4) is 0 Å². The van der Waals surface area contributed by atoms with Crippen molar-refractivity contribution in [3.05, 3.63) is 47.5 Å². The van der Waals surface area contributed by atoms with Gasteiger partial charge in [-0.25, -0.2) is 9.67 Å². The third-order valence-electron chi connectivity index (χ3n) is 4.54. The molecule has 2 atom stereocenters. The molecule has 0 saturated carbocycles.